The second-order valence-electron chi connectivity index (χ2n) is 6.37. The van der Waals surface area contributed by atoms with Crippen LogP contribution in [0, 0.1) is 11.3 Å². The van der Waals surface area contributed by atoms with E-state index in [4.69, 9.17) is 5.26 Å². The number of benzene rings is 2. The molecule has 5 nitrogen and oxygen atoms in total. The van der Waals surface area contributed by atoms with Crippen molar-refractivity contribution in [3.8, 4) is 6.07 Å². The van der Waals surface area contributed by atoms with Crippen LogP contribution in [-0.2, 0) is 16.0 Å². The van der Waals surface area contributed by atoms with Gasteiger partial charge in [0.25, 0.3) is 0 Å². The molecule has 1 saturated carbocycles. The Balaban J connectivity index is 1.37. The molecule has 4 rings (SSSR count). The highest BCUT2D eigenvalue weighted by Crippen LogP contribution is 2.49. The quantitative estimate of drug-likeness (QED) is 0.498. The summed E-state index contributed by atoms with van der Waals surface area (Å²) in [4.78, 5) is 12.7. The Hall–Kier alpha value is -2.69. The number of amides is 1. The third-order valence-corrected chi connectivity index (χ3v) is 6.63. The number of carbonyl (C=O) groups is 1. The van der Waals surface area contributed by atoms with Gasteiger partial charge in [-0.2, -0.15) is 5.26 Å². The zero-order chi connectivity index (χ0) is 18.7. The van der Waals surface area contributed by atoms with Crippen molar-refractivity contribution in [3.05, 3.63) is 71.3 Å². The maximum absolute atomic E-state index is 12.7. The summed E-state index contributed by atoms with van der Waals surface area (Å²) in [6, 6.07) is 19.5. The highest BCUT2D eigenvalue weighted by Gasteiger charge is 2.51. The van der Waals surface area contributed by atoms with Gasteiger partial charge in [0.15, 0.2) is 4.34 Å². The number of hydrogen-bond acceptors (Lipinski definition) is 6. The molecule has 2 aromatic carbocycles. The van der Waals surface area contributed by atoms with Gasteiger partial charge in [-0.15, -0.1) is 10.2 Å². The Morgan fingerprint density at radius 1 is 1.15 bits per heavy atom. The molecule has 0 unspecified atom stereocenters. The first kappa shape index (κ1) is 17.7. The number of hydrogen-bond donors (Lipinski definition) is 1. The average Bonchev–Trinajstić information content (AvgIpc) is 3.42. The second kappa shape index (κ2) is 7.51. The van der Waals surface area contributed by atoms with Crippen molar-refractivity contribution < 1.29 is 4.79 Å². The van der Waals surface area contributed by atoms with E-state index < -0.39 is 5.41 Å². The van der Waals surface area contributed by atoms with E-state index in [0.29, 0.717) is 10.7 Å². The zero-order valence-electron chi connectivity index (χ0n) is 14.4. The molecule has 1 aromatic heterocycles. The number of carbonyl (C=O) groups excluding carboxylic acids is 1. The first-order valence-corrected chi connectivity index (χ1v) is 10.3. The van der Waals surface area contributed by atoms with Crippen LogP contribution < -0.4 is 5.32 Å². The monoisotopic (exact) mass is 392 g/mol. The molecule has 134 valence electrons. The molecule has 1 fully saturated rings. The predicted molar refractivity (Wildman–Crippen MR) is 107 cm³/mol. The first-order valence-electron chi connectivity index (χ1n) is 8.52. The number of thioether (sulfide) groups is 1. The van der Waals surface area contributed by atoms with Crippen LogP contribution >= 0.6 is 23.1 Å². The molecule has 1 heterocycles. The summed E-state index contributed by atoms with van der Waals surface area (Å²) in [6.07, 6.45) is 1.73. The summed E-state index contributed by atoms with van der Waals surface area (Å²) >= 11 is 2.95. The van der Waals surface area contributed by atoms with Crippen molar-refractivity contribution in [2.24, 2.45) is 0 Å². The minimum Gasteiger partial charge on any atom is -0.300 e. The van der Waals surface area contributed by atoms with Gasteiger partial charge >= 0.3 is 0 Å². The SMILES string of the molecule is N#Cc1ccc(CSc2nnc(NC(=O)C3(c4ccccc4)CC3)s2)cc1. The van der Waals surface area contributed by atoms with Gasteiger partial charge in [0, 0.05) is 5.75 Å². The number of nitrogens with one attached hydrogen (secondary N) is 1. The summed E-state index contributed by atoms with van der Waals surface area (Å²) in [7, 11) is 0. The molecular weight excluding hydrogens is 376 g/mol. The lowest BCUT2D eigenvalue weighted by Gasteiger charge is -2.13. The molecular formula is C20H16N4OS2. The molecule has 27 heavy (non-hydrogen) atoms. The smallest absolute Gasteiger partial charge is 0.236 e. The van der Waals surface area contributed by atoms with Crippen molar-refractivity contribution in [2.45, 2.75) is 28.3 Å². The molecule has 0 radical (unpaired) electrons. The van der Waals surface area contributed by atoms with E-state index >= 15 is 0 Å². The Bertz CT molecular complexity index is 989. The lowest BCUT2D eigenvalue weighted by Crippen LogP contribution is -2.27. The fourth-order valence-electron chi connectivity index (χ4n) is 2.88. The molecule has 3 aromatic rings. The van der Waals surface area contributed by atoms with Gasteiger partial charge in [-0.05, 0) is 36.1 Å². The normalized spacial score (nSPS) is 14.3. The topological polar surface area (TPSA) is 78.7 Å². The van der Waals surface area contributed by atoms with E-state index in [0.717, 1.165) is 34.1 Å². The summed E-state index contributed by atoms with van der Waals surface area (Å²) in [5.74, 6) is 0.732. The van der Waals surface area contributed by atoms with E-state index in [1.165, 1.54) is 11.3 Å². The number of rotatable bonds is 6. The lowest BCUT2D eigenvalue weighted by molar-refractivity contribution is -0.118. The maximum Gasteiger partial charge on any atom is 0.236 e. The molecule has 0 atom stereocenters. The van der Waals surface area contributed by atoms with E-state index in [2.05, 4.69) is 21.6 Å². The van der Waals surface area contributed by atoms with Crippen molar-refractivity contribution in [2.75, 3.05) is 5.32 Å². The minimum absolute atomic E-state index is 0.00603. The van der Waals surface area contributed by atoms with Crippen LogP contribution in [0.3, 0.4) is 0 Å². The van der Waals surface area contributed by atoms with Crippen molar-refractivity contribution >= 4 is 34.1 Å². The van der Waals surface area contributed by atoms with Crippen molar-refractivity contribution in [1.29, 1.82) is 5.26 Å². The summed E-state index contributed by atoms with van der Waals surface area (Å²) in [5, 5.41) is 20.6. The molecule has 1 N–H and O–H groups in total. The van der Waals surface area contributed by atoms with Crippen LogP contribution in [0.1, 0.15) is 29.5 Å². The van der Waals surface area contributed by atoms with E-state index in [-0.39, 0.29) is 5.91 Å². The van der Waals surface area contributed by atoms with Crippen LogP contribution in [0.4, 0.5) is 5.13 Å². The number of nitriles is 1. The molecule has 1 aliphatic carbocycles. The Morgan fingerprint density at radius 3 is 2.56 bits per heavy atom. The number of anilines is 1. The first-order chi connectivity index (χ1) is 13.2. The number of nitrogens with zero attached hydrogens (tertiary/aromatic N) is 3. The van der Waals surface area contributed by atoms with Gasteiger partial charge in [-0.3, -0.25) is 10.1 Å². The molecule has 1 amide bonds. The molecule has 0 bridgehead atoms. The average molecular weight is 393 g/mol. The Labute approximate surface area is 165 Å². The Kier molecular flexibility index (Phi) is 4.92. The van der Waals surface area contributed by atoms with Crippen LogP contribution in [0.2, 0.25) is 0 Å². The largest absolute Gasteiger partial charge is 0.300 e. The highest BCUT2D eigenvalue weighted by molar-refractivity contribution is 8.00. The minimum atomic E-state index is -0.414. The van der Waals surface area contributed by atoms with Crippen molar-refractivity contribution in [3.63, 3.8) is 0 Å². The van der Waals surface area contributed by atoms with Crippen molar-refractivity contribution in [1.82, 2.24) is 10.2 Å². The van der Waals surface area contributed by atoms with Gasteiger partial charge in [0.2, 0.25) is 11.0 Å². The maximum atomic E-state index is 12.7. The van der Waals surface area contributed by atoms with Gasteiger partial charge in [0.05, 0.1) is 17.0 Å². The molecule has 7 heteroatoms. The standard InChI is InChI=1S/C20H16N4OS2/c21-12-14-6-8-15(9-7-14)13-26-19-24-23-18(27-19)22-17(25)20(10-11-20)16-4-2-1-3-5-16/h1-9H,10-11,13H2,(H,22,23,25). The van der Waals surface area contributed by atoms with E-state index in [1.54, 1.807) is 23.9 Å². The van der Waals surface area contributed by atoms with Gasteiger partial charge in [0.1, 0.15) is 0 Å². The summed E-state index contributed by atoms with van der Waals surface area (Å²) in [5.41, 5.74) is 2.41. The molecule has 0 spiro atoms. The fraction of sp³-hybridized carbons (Fsp3) is 0.200. The zero-order valence-corrected chi connectivity index (χ0v) is 16.0. The lowest BCUT2D eigenvalue weighted by atomic mass is 9.95. The van der Waals surface area contributed by atoms with Crippen LogP contribution in [-0.4, -0.2) is 16.1 Å². The van der Waals surface area contributed by atoms with Gasteiger partial charge in [-0.25, -0.2) is 0 Å². The van der Waals surface area contributed by atoms with E-state index in [9.17, 15) is 4.79 Å². The predicted octanol–water partition coefficient (Wildman–Crippen LogP) is 4.37. The third kappa shape index (κ3) is 3.87. The molecule has 0 aliphatic heterocycles. The van der Waals surface area contributed by atoms with E-state index in [1.807, 2.05) is 42.5 Å². The van der Waals surface area contributed by atoms with Crippen LogP contribution in [0.25, 0.3) is 0 Å². The second-order valence-corrected chi connectivity index (χ2v) is 8.57. The third-order valence-electron chi connectivity index (χ3n) is 4.58. The van der Waals surface area contributed by atoms with Crippen LogP contribution in [0.15, 0.2) is 58.9 Å². The Morgan fingerprint density at radius 2 is 1.89 bits per heavy atom. The molecule has 0 saturated heterocycles. The summed E-state index contributed by atoms with van der Waals surface area (Å²) < 4.78 is 0.805. The van der Waals surface area contributed by atoms with Gasteiger partial charge < -0.3 is 0 Å². The summed E-state index contributed by atoms with van der Waals surface area (Å²) in [6.45, 7) is 0. The fourth-order valence-corrected chi connectivity index (χ4v) is 4.59. The molecule has 1 aliphatic rings. The van der Waals surface area contributed by atoms with Crippen LogP contribution in [0.5, 0.6) is 0 Å². The number of aromatic nitrogens is 2. The highest BCUT2D eigenvalue weighted by atomic mass is 32.2. The van der Waals surface area contributed by atoms with Gasteiger partial charge in [-0.1, -0.05) is 65.6 Å².